The molecule has 3 rings (SSSR count). The quantitative estimate of drug-likeness (QED) is 0.530. The molecule has 1 aliphatic rings. The largest absolute Gasteiger partial charge is 0.369 e. The van der Waals surface area contributed by atoms with E-state index in [1.165, 1.54) is 0 Å². The Morgan fingerprint density at radius 2 is 1.48 bits per heavy atom. The van der Waals surface area contributed by atoms with Crippen molar-refractivity contribution in [2.45, 2.75) is 39.7 Å². The number of nitrogens with one attached hydrogen (secondary N) is 1. The Hall–Kier alpha value is -2.32. The first kappa shape index (κ1) is 24.9. The molecular weight excluding hydrogens is 526 g/mol. The Labute approximate surface area is 199 Å². The van der Waals surface area contributed by atoms with Crippen LogP contribution in [0.2, 0.25) is 0 Å². The average molecular weight is 551 g/mol. The van der Waals surface area contributed by atoms with Gasteiger partial charge in [-0.3, -0.25) is 19.4 Å². The van der Waals surface area contributed by atoms with Crippen LogP contribution in [0.25, 0.3) is 0 Å². The number of amides is 2. The number of hydrogen-bond acceptors (Lipinski definition) is 4. The maximum absolute atomic E-state index is 11.9. The maximum Gasteiger partial charge on any atom is 0.252 e. The number of halogens is 2. The highest BCUT2D eigenvalue weighted by Gasteiger charge is 2.34. The van der Waals surface area contributed by atoms with Gasteiger partial charge in [-0.05, 0) is 38.1 Å². The maximum atomic E-state index is 11.9. The molecule has 6 nitrogen and oxygen atoms in total. The van der Waals surface area contributed by atoms with Crippen LogP contribution in [0.3, 0.4) is 0 Å². The van der Waals surface area contributed by atoms with E-state index >= 15 is 0 Å². The minimum absolute atomic E-state index is 0.0552. The molecule has 0 aliphatic carbocycles. The topological polar surface area (TPSA) is 102 Å². The Kier molecular flexibility index (Phi) is 7.94. The van der Waals surface area contributed by atoms with Crippen LogP contribution < -0.4 is 11.1 Å². The van der Waals surface area contributed by atoms with Crippen LogP contribution in [0.15, 0.2) is 62.5 Å². The van der Waals surface area contributed by atoms with Gasteiger partial charge in [0, 0.05) is 26.5 Å². The van der Waals surface area contributed by atoms with Gasteiger partial charge in [0.2, 0.25) is 5.91 Å². The number of amidine groups is 1. The van der Waals surface area contributed by atoms with E-state index in [9.17, 15) is 14.4 Å². The zero-order valence-corrected chi connectivity index (χ0v) is 21.0. The molecule has 2 aromatic carbocycles. The summed E-state index contributed by atoms with van der Waals surface area (Å²) in [5.74, 6) is 0.0622. The summed E-state index contributed by atoms with van der Waals surface area (Å²) in [7, 11) is 0. The van der Waals surface area contributed by atoms with E-state index in [1.54, 1.807) is 52.0 Å². The molecule has 31 heavy (non-hydrogen) atoms. The molecule has 0 atom stereocenters. The van der Waals surface area contributed by atoms with Gasteiger partial charge in [0.25, 0.3) is 5.91 Å². The number of primary amides is 1. The van der Waals surface area contributed by atoms with Gasteiger partial charge in [0.05, 0.1) is 5.41 Å². The highest BCUT2D eigenvalue weighted by Crippen LogP contribution is 2.23. The van der Waals surface area contributed by atoms with Crippen molar-refractivity contribution >= 4 is 55.3 Å². The molecule has 3 N–H and O–H groups in total. The summed E-state index contributed by atoms with van der Waals surface area (Å²) in [6.45, 7) is 6.94. The lowest BCUT2D eigenvalue weighted by molar-refractivity contribution is -0.126. The number of aliphatic imine (C=N–C) groups is 1. The standard InChI is InChI=1S/C12H14BrNO2.C11H11BrN2O/c1-12(2,11(14)16)7-10(15)8-3-5-9(13)6-4-8;1-11(2)10(15)13-9(14-11)7-3-5-8(12)6-4-7/h3-6H,7H2,1-2H3,(H2,14,16);3-6H,1-2H3,(H,13,14,15). The molecule has 0 bridgehead atoms. The zero-order chi connectivity index (χ0) is 23.4. The number of carbonyl (C=O) groups is 3. The Morgan fingerprint density at radius 1 is 1.00 bits per heavy atom. The molecule has 2 aromatic rings. The summed E-state index contributed by atoms with van der Waals surface area (Å²) in [6, 6.07) is 14.7. The zero-order valence-electron chi connectivity index (χ0n) is 17.8. The predicted molar refractivity (Wildman–Crippen MR) is 129 cm³/mol. The molecular formula is C23H25Br2N3O3. The van der Waals surface area contributed by atoms with Crippen molar-refractivity contribution in [1.82, 2.24) is 5.32 Å². The van der Waals surface area contributed by atoms with E-state index in [2.05, 4.69) is 42.2 Å². The Bertz CT molecular complexity index is 1010. The normalized spacial score (nSPS) is 14.8. The fraction of sp³-hybridized carbons (Fsp3) is 0.304. The molecule has 1 heterocycles. The second kappa shape index (κ2) is 9.87. The molecule has 0 saturated heterocycles. The van der Waals surface area contributed by atoms with Gasteiger partial charge in [-0.2, -0.15) is 0 Å². The van der Waals surface area contributed by atoms with Crippen LogP contribution >= 0.6 is 31.9 Å². The van der Waals surface area contributed by atoms with Crippen molar-refractivity contribution < 1.29 is 14.4 Å². The molecule has 0 saturated carbocycles. The summed E-state index contributed by atoms with van der Waals surface area (Å²) in [5, 5.41) is 2.78. The first-order valence-electron chi connectivity index (χ1n) is 9.58. The number of Topliss-reactive ketones (excluding diaryl/α,β-unsaturated/α-hetero) is 1. The van der Waals surface area contributed by atoms with Crippen molar-refractivity contribution in [3.05, 3.63) is 68.6 Å². The van der Waals surface area contributed by atoms with E-state index in [0.717, 1.165) is 14.5 Å². The first-order chi connectivity index (χ1) is 14.3. The van der Waals surface area contributed by atoms with Crippen molar-refractivity contribution in [3.63, 3.8) is 0 Å². The molecule has 8 heteroatoms. The lowest BCUT2D eigenvalue weighted by atomic mass is 9.85. The van der Waals surface area contributed by atoms with Gasteiger partial charge in [0.15, 0.2) is 5.78 Å². The van der Waals surface area contributed by atoms with Crippen molar-refractivity contribution in [3.8, 4) is 0 Å². The fourth-order valence-corrected chi connectivity index (χ4v) is 3.12. The van der Waals surface area contributed by atoms with Gasteiger partial charge in [-0.1, -0.05) is 70.0 Å². The highest BCUT2D eigenvalue weighted by molar-refractivity contribution is 9.10. The monoisotopic (exact) mass is 549 g/mol. The lowest BCUT2D eigenvalue weighted by Crippen LogP contribution is -2.34. The van der Waals surface area contributed by atoms with Crippen molar-refractivity contribution in [1.29, 1.82) is 0 Å². The van der Waals surface area contributed by atoms with Crippen LogP contribution in [-0.2, 0) is 9.59 Å². The minimum atomic E-state index is -0.801. The minimum Gasteiger partial charge on any atom is -0.369 e. The third-order valence-electron chi connectivity index (χ3n) is 4.73. The van der Waals surface area contributed by atoms with Gasteiger partial charge >= 0.3 is 0 Å². The van der Waals surface area contributed by atoms with E-state index in [4.69, 9.17) is 5.73 Å². The number of nitrogens with zero attached hydrogens (tertiary/aromatic N) is 1. The number of ketones is 1. The van der Waals surface area contributed by atoms with Crippen LogP contribution in [0.5, 0.6) is 0 Å². The van der Waals surface area contributed by atoms with Gasteiger partial charge in [-0.25, -0.2) is 0 Å². The Balaban J connectivity index is 0.000000220. The molecule has 0 fully saturated rings. The molecule has 164 valence electrons. The molecule has 0 spiro atoms. The molecule has 0 radical (unpaired) electrons. The molecule has 2 amide bonds. The van der Waals surface area contributed by atoms with Gasteiger partial charge in [-0.15, -0.1) is 0 Å². The van der Waals surface area contributed by atoms with Crippen molar-refractivity contribution in [2.24, 2.45) is 16.1 Å². The van der Waals surface area contributed by atoms with E-state index in [0.29, 0.717) is 11.4 Å². The Morgan fingerprint density at radius 3 is 1.90 bits per heavy atom. The first-order valence-corrected chi connectivity index (χ1v) is 11.2. The second-order valence-electron chi connectivity index (χ2n) is 8.34. The number of rotatable bonds is 5. The lowest BCUT2D eigenvalue weighted by Gasteiger charge is -2.19. The van der Waals surface area contributed by atoms with Crippen molar-refractivity contribution in [2.75, 3.05) is 0 Å². The van der Waals surface area contributed by atoms with Crippen LogP contribution in [-0.4, -0.2) is 29.0 Å². The van der Waals surface area contributed by atoms with E-state index < -0.39 is 16.9 Å². The third kappa shape index (κ3) is 6.83. The summed E-state index contributed by atoms with van der Waals surface area (Å²) < 4.78 is 1.92. The number of benzene rings is 2. The van der Waals surface area contributed by atoms with E-state index in [-0.39, 0.29) is 18.1 Å². The second-order valence-corrected chi connectivity index (χ2v) is 10.2. The third-order valence-corrected chi connectivity index (χ3v) is 5.79. The summed E-state index contributed by atoms with van der Waals surface area (Å²) in [6.07, 6.45) is 0.129. The van der Waals surface area contributed by atoms with Crippen LogP contribution in [0.1, 0.15) is 50.0 Å². The van der Waals surface area contributed by atoms with Gasteiger partial charge in [0.1, 0.15) is 11.4 Å². The smallest absolute Gasteiger partial charge is 0.252 e. The van der Waals surface area contributed by atoms with Crippen LogP contribution in [0, 0.1) is 5.41 Å². The van der Waals surface area contributed by atoms with E-state index in [1.807, 2.05) is 24.3 Å². The SMILES string of the molecule is CC(C)(CC(=O)c1ccc(Br)cc1)C(N)=O.CC1(C)N=C(c2ccc(Br)cc2)NC1=O. The molecule has 1 aliphatic heterocycles. The molecule has 0 unspecified atom stereocenters. The summed E-state index contributed by atoms with van der Waals surface area (Å²) in [4.78, 5) is 38.8. The number of nitrogens with two attached hydrogens (primary N) is 1. The fourth-order valence-electron chi connectivity index (χ4n) is 2.59. The average Bonchev–Trinajstić information content (AvgIpc) is 2.95. The number of carbonyl (C=O) groups excluding carboxylic acids is 3. The molecule has 0 aromatic heterocycles. The summed E-state index contributed by atoms with van der Waals surface area (Å²) >= 11 is 6.65. The van der Waals surface area contributed by atoms with Gasteiger partial charge < -0.3 is 11.1 Å². The number of hydrogen-bond donors (Lipinski definition) is 2. The summed E-state index contributed by atoms with van der Waals surface area (Å²) in [5.41, 5.74) is 5.29. The van der Waals surface area contributed by atoms with Crippen LogP contribution in [0.4, 0.5) is 0 Å². The highest BCUT2D eigenvalue weighted by atomic mass is 79.9. The predicted octanol–water partition coefficient (Wildman–Crippen LogP) is 4.64.